The number of halogens is 1. The Morgan fingerprint density at radius 3 is 2.56 bits per heavy atom. The maximum atomic E-state index is 13.8. The summed E-state index contributed by atoms with van der Waals surface area (Å²) in [6, 6.07) is 7.04. The minimum Gasteiger partial charge on any atom is -0.444 e. The number of alkyl carbamates (subject to hydrolysis) is 1. The predicted molar refractivity (Wildman–Crippen MR) is 151 cm³/mol. The quantitative estimate of drug-likeness (QED) is 0.254. The number of hydrogen-bond acceptors (Lipinski definition) is 8. The average molecular weight is 569 g/mol. The molecule has 0 saturated heterocycles. The molecule has 1 N–H and O–H groups in total. The van der Waals surface area contributed by atoms with E-state index in [1.54, 1.807) is 57.6 Å². The molecule has 4 aromatic rings. The standard InChI is InChI=1S/C27H29ClN6O4S/c1-16-13-29-15-22(32-16)17-7-8-19(21(28)12-17)20-11-18-14-31-25(39(5)37)33-23(18)34(24(20)35)10-6-9-30-26(36)38-27(2,3)4/h7-8,11-15H,6,9-10H2,1-5H3,(H,30,36). The fraction of sp³-hybridized carbons (Fsp3) is 0.333. The highest BCUT2D eigenvalue weighted by Gasteiger charge is 2.18. The van der Waals surface area contributed by atoms with Crippen molar-refractivity contribution < 1.29 is 13.7 Å². The number of pyridine rings is 1. The minimum atomic E-state index is -1.43. The van der Waals surface area contributed by atoms with Crippen LogP contribution >= 0.6 is 11.6 Å². The molecule has 3 aromatic heterocycles. The Labute approximate surface area is 233 Å². The summed E-state index contributed by atoms with van der Waals surface area (Å²) in [5.41, 5.74) is 2.53. The lowest BCUT2D eigenvalue weighted by atomic mass is 10.0. The lowest BCUT2D eigenvalue weighted by Gasteiger charge is -2.19. The van der Waals surface area contributed by atoms with Crippen molar-refractivity contribution in [1.82, 2.24) is 29.8 Å². The largest absolute Gasteiger partial charge is 0.444 e. The molecule has 0 aliphatic carbocycles. The van der Waals surface area contributed by atoms with Gasteiger partial charge in [0.05, 0.1) is 28.4 Å². The summed E-state index contributed by atoms with van der Waals surface area (Å²) in [7, 11) is -1.43. The first kappa shape index (κ1) is 28.3. The third-order valence-electron chi connectivity index (χ3n) is 5.60. The van der Waals surface area contributed by atoms with Gasteiger partial charge in [-0.2, -0.15) is 0 Å². The van der Waals surface area contributed by atoms with Crippen LogP contribution in [-0.4, -0.2) is 53.2 Å². The molecule has 4 rings (SSSR count). The molecular formula is C27H29ClN6O4S. The molecule has 1 unspecified atom stereocenters. The van der Waals surface area contributed by atoms with Crippen LogP contribution in [0.15, 0.2) is 52.8 Å². The summed E-state index contributed by atoms with van der Waals surface area (Å²) in [6.07, 6.45) is 6.22. The number of aromatic nitrogens is 5. The summed E-state index contributed by atoms with van der Waals surface area (Å²) < 4.78 is 18.8. The van der Waals surface area contributed by atoms with Gasteiger partial charge in [0.2, 0.25) is 5.16 Å². The SMILES string of the molecule is Cc1cncc(-c2ccc(-c3cc4cnc(S(C)=O)nc4n(CCCNC(=O)OC(C)(C)C)c3=O)c(Cl)c2)n1. The summed E-state index contributed by atoms with van der Waals surface area (Å²) in [5.74, 6) is 0. The Bertz CT molecular complexity index is 1630. The van der Waals surface area contributed by atoms with Gasteiger partial charge in [-0.25, -0.2) is 19.7 Å². The molecule has 1 amide bonds. The number of aryl methyl sites for hydroxylation is 2. The predicted octanol–water partition coefficient (Wildman–Crippen LogP) is 4.53. The second-order valence-corrected chi connectivity index (χ2v) is 11.6. The molecule has 0 aliphatic rings. The number of benzene rings is 1. The molecule has 204 valence electrons. The number of nitrogens with one attached hydrogen (secondary N) is 1. The molecule has 39 heavy (non-hydrogen) atoms. The fourth-order valence-corrected chi connectivity index (χ4v) is 4.62. The Balaban J connectivity index is 1.71. The van der Waals surface area contributed by atoms with E-state index in [9.17, 15) is 13.8 Å². The van der Waals surface area contributed by atoms with E-state index in [1.807, 2.05) is 13.0 Å². The molecule has 3 heterocycles. The van der Waals surface area contributed by atoms with Crippen LogP contribution < -0.4 is 10.9 Å². The minimum absolute atomic E-state index is 0.122. The summed E-state index contributed by atoms with van der Waals surface area (Å²) >= 11 is 6.68. The van der Waals surface area contributed by atoms with Gasteiger partial charge in [-0.3, -0.25) is 18.6 Å². The number of carbonyl (C=O) groups is 1. The van der Waals surface area contributed by atoms with Crippen LogP contribution in [0.25, 0.3) is 33.4 Å². The first-order valence-corrected chi connectivity index (χ1v) is 14.2. The lowest BCUT2D eigenvalue weighted by molar-refractivity contribution is 0.0526. The van der Waals surface area contributed by atoms with Crippen molar-refractivity contribution >= 4 is 39.5 Å². The maximum absolute atomic E-state index is 13.8. The van der Waals surface area contributed by atoms with Gasteiger partial charge in [-0.1, -0.05) is 23.7 Å². The maximum Gasteiger partial charge on any atom is 0.407 e. The van der Waals surface area contributed by atoms with Crippen LogP contribution in [0.4, 0.5) is 4.79 Å². The van der Waals surface area contributed by atoms with Gasteiger partial charge in [0, 0.05) is 58.8 Å². The van der Waals surface area contributed by atoms with E-state index in [1.165, 1.54) is 10.8 Å². The van der Waals surface area contributed by atoms with E-state index < -0.39 is 22.5 Å². The molecule has 0 spiro atoms. The smallest absolute Gasteiger partial charge is 0.407 e. The van der Waals surface area contributed by atoms with E-state index in [-0.39, 0.29) is 23.8 Å². The van der Waals surface area contributed by atoms with E-state index in [2.05, 4.69) is 25.3 Å². The number of ether oxygens (including phenoxy) is 1. The molecule has 0 fully saturated rings. The van der Waals surface area contributed by atoms with E-state index >= 15 is 0 Å². The van der Waals surface area contributed by atoms with Gasteiger partial charge in [0.1, 0.15) is 11.2 Å². The molecule has 12 heteroatoms. The normalized spacial score (nSPS) is 12.4. The van der Waals surface area contributed by atoms with Crippen LogP contribution in [-0.2, 0) is 22.1 Å². The number of carbonyl (C=O) groups excluding carboxylic acids is 1. The summed E-state index contributed by atoms with van der Waals surface area (Å²) in [6.45, 7) is 7.72. The van der Waals surface area contributed by atoms with E-state index in [0.717, 1.165) is 11.3 Å². The monoisotopic (exact) mass is 568 g/mol. The van der Waals surface area contributed by atoms with Crippen molar-refractivity contribution in [3.63, 3.8) is 0 Å². The molecule has 10 nitrogen and oxygen atoms in total. The van der Waals surface area contributed by atoms with Crippen molar-refractivity contribution in [3.8, 4) is 22.4 Å². The number of nitrogens with zero attached hydrogens (tertiary/aromatic N) is 5. The lowest BCUT2D eigenvalue weighted by Crippen LogP contribution is -2.33. The highest BCUT2D eigenvalue weighted by Crippen LogP contribution is 2.31. The first-order valence-electron chi connectivity index (χ1n) is 12.2. The van der Waals surface area contributed by atoms with Gasteiger partial charge in [-0.15, -0.1) is 0 Å². The second kappa shape index (κ2) is 11.6. The van der Waals surface area contributed by atoms with Crippen LogP contribution in [0.2, 0.25) is 5.02 Å². The zero-order valence-corrected chi connectivity index (χ0v) is 23.9. The first-order chi connectivity index (χ1) is 18.4. The molecule has 1 atom stereocenters. The molecule has 0 saturated carbocycles. The molecule has 0 radical (unpaired) electrons. The van der Waals surface area contributed by atoms with Gasteiger partial charge in [0.25, 0.3) is 5.56 Å². The molecule has 0 aliphatic heterocycles. The van der Waals surface area contributed by atoms with Crippen molar-refractivity contribution in [2.75, 3.05) is 12.8 Å². The number of hydrogen-bond donors (Lipinski definition) is 1. The third kappa shape index (κ3) is 6.85. The van der Waals surface area contributed by atoms with Crippen LogP contribution in [0, 0.1) is 6.92 Å². The van der Waals surface area contributed by atoms with E-state index in [0.29, 0.717) is 39.3 Å². The third-order valence-corrected chi connectivity index (χ3v) is 6.62. The highest BCUT2D eigenvalue weighted by molar-refractivity contribution is 7.84. The Morgan fingerprint density at radius 2 is 1.90 bits per heavy atom. The van der Waals surface area contributed by atoms with Gasteiger partial charge in [0.15, 0.2) is 0 Å². The van der Waals surface area contributed by atoms with E-state index in [4.69, 9.17) is 16.3 Å². The number of rotatable bonds is 7. The zero-order chi connectivity index (χ0) is 28.3. The fourth-order valence-electron chi connectivity index (χ4n) is 3.92. The second-order valence-electron chi connectivity index (χ2n) is 9.92. The topological polar surface area (TPSA) is 129 Å². The van der Waals surface area contributed by atoms with Crippen LogP contribution in [0.3, 0.4) is 0 Å². The van der Waals surface area contributed by atoms with Crippen molar-refractivity contribution in [2.24, 2.45) is 0 Å². The average Bonchev–Trinajstić information content (AvgIpc) is 2.86. The Morgan fingerprint density at radius 1 is 1.13 bits per heavy atom. The van der Waals surface area contributed by atoms with Crippen molar-refractivity contribution in [3.05, 3.63) is 63.9 Å². The van der Waals surface area contributed by atoms with Crippen molar-refractivity contribution in [2.45, 2.75) is 51.4 Å². The molecule has 0 bridgehead atoms. The Hall–Kier alpha value is -3.70. The summed E-state index contributed by atoms with van der Waals surface area (Å²) in [5, 5.41) is 3.78. The van der Waals surface area contributed by atoms with Gasteiger partial charge < -0.3 is 10.1 Å². The Kier molecular flexibility index (Phi) is 8.41. The van der Waals surface area contributed by atoms with Gasteiger partial charge >= 0.3 is 6.09 Å². The van der Waals surface area contributed by atoms with Crippen LogP contribution in [0.5, 0.6) is 0 Å². The van der Waals surface area contributed by atoms with Crippen molar-refractivity contribution in [1.29, 1.82) is 0 Å². The van der Waals surface area contributed by atoms with Crippen LogP contribution in [0.1, 0.15) is 32.9 Å². The summed E-state index contributed by atoms with van der Waals surface area (Å²) in [4.78, 5) is 43.1. The highest BCUT2D eigenvalue weighted by atomic mass is 35.5. The zero-order valence-electron chi connectivity index (χ0n) is 22.3. The number of fused-ring (bicyclic) bond motifs is 1. The molecular weight excluding hydrogens is 540 g/mol. The van der Waals surface area contributed by atoms with Gasteiger partial charge in [-0.05, 0) is 46.2 Å². The number of amides is 1. The molecule has 1 aromatic carbocycles.